The molecule has 0 rings (SSSR count). The number of esters is 1. The molecule has 0 atom stereocenters. The van der Waals surface area contributed by atoms with Crippen LogP contribution in [0, 0.1) is 0 Å². The maximum absolute atomic E-state index is 11.5. The molecule has 1 amide bonds. The first kappa shape index (κ1) is 25.0. The Morgan fingerprint density at radius 3 is 2.17 bits per heavy atom. The monoisotopic (exact) mass is 458 g/mol. The molecular formula is C15H31IN4O4. The van der Waals surface area contributed by atoms with Gasteiger partial charge in [0.2, 0.25) is 0 Å². The molecular weight excluding hydrogens is 427 g/mol. The van der Waals surface area contributed by atoms with Gasteiger partial charge in [-0.3, -0.25) is 9.79 Å². The molecule has 0 saturated carbocycles. The second-order valence-electron chi connectivity index (χ2n) is 5.76. The van der Waals surface area contributed by atoms with Crippen LogP contribution in [0.15, 0.2) is 4.99 Å². The van der Waals surface area contributed by atoms with Gasteiger partial charge in [-0.15, -0.1) is 24.0 Å². The Hall–Kier alpha value is -1.26. The van der Waals surface area contributed by atoms with E-state index >= 15 is 0 Å². The van der Waals surface area contributed by atoms with Crippen molar-refractivity contribution in [2.75, 3.05) is 33.3 Å². The van der Waals surface area contributed by atoms with Crippen molar-refractivity contribution in [2.24, 2.45) is 4.99 Å². The van der Waals surface area contributed by atoms with Crippen LogP contribution in [0.1, 0.15) is 40.5 Å². The summed E-state index contributed by atoms with van der Waals surface area (Å²) in [5.74, 6) is 0.415. The van der Waals surface area contributed by atoms with E-state index in [4.69, 9.17) is 9.47 Å². The van der Waals surface area contributed by atoms with E-state index in [1.807, 2.05) is 20.8 Å². The number of hydrogen-bond donors (Lipinski definition) is 3. The highest BCUT2D eigenvalue weighted by atomic mass is 127. The number of ether oxygens (including phenoxy) is 2. The number of carbonyl (C=O) groups is 2. The van der Waals surface area contributed by atoms with Crippen molar-refractivity contribution >= 4 is 42.0 Å². The molecule has 0 radical (unpaired) electrons. The predicted octanol–water partition coefficient (Wildman–Crippen LogP) is 1.64. The van der Waals surface area contributed by atoms with Crippen LogP contribution >= 0.6 is 24.0 Å². The molecule has 0 fully saturated rings. The van der Waals surface area contributed by atoms with Gasteiger partial charge < -0.3 is 25.4 Å². The van der Waals surface area contributed by atoms with Crippen molar-refractivity contribution in [3.63, 3.8) is 0 Å². The first-order valence-electron chi connectivity index (χ1n) is 7.85. The summed E-state index contributed by atoms with van der Waals surface area (Å²) in [6, 6.07) is 0. The van der Waals surface area contributed by atoms with Gasteiger partial charge in [0.05, 0.1) is 6.61 Å². The highest BCUT2D eigenvalue weighted by Crippen LogP contribution is 2.05. The molecule has 0 aromatic rings. The Morgan fingerprint density at radius 1 is 1.04 bits per heavy atom. The van der Waals surface area contributed by atoms with E-state index in [2.05, 4.69) is 20.9 Å². The molecule has 142 valence electrons. The first-order chi connectivity index (χ1) is 10.8. The normalized spacial score (nSPS) is 11.1. The maximum Gasteiger partial charge on any atom is 0.407 e. The third-order valence-corrected chi connectivity index (χ3v) is 2.46. The smallest absolute Gasteiger partial charge is 0.407 e. The van der Waals surface area contributed by atoms with E-state index in [0.717, 1.165) is 0 Å². The number of halogens is 1. The molecule has 0 unspecified atom stereocenters. The van der Waals surface area contributed by atoms with E-state index in [9.17, 15) is 9.59 Å². The third-order valence-electron chi connectivity index (χ3n) is 2.46. The first-order valence-corrected chi connectivity index (χ1v) is 7.85. The van der Waals surface area contributed by atoms with Gasteiger partial charge in [0, 0.05) is 33.1 Å². The largest absolute Gasteiger partial charge is 0.466 e. The summed E-state index contributed by atoms with van der Waals surface area (Å²) in [5.41, 5.74) is -0.506. The molecule has 0 aliphatic carbocycles. The number of nitrogens with one attached hydrogen (secondary N) is 3. The number of guanidine groups is 1. The van der Waals surface area contributed by atoms with Crippen LogP contribution in [0.4, 0.5) is 4.79 Å². The van der Waals surface area contributed by atoms with Crippen molar-refractivity contribution in [3.8, 4) is 0 Å². The van der Waals surface area contributed by atoms with Gasteiger partial charge in [-0.05, 0) is 34.1 Å². The van der Waals surface area contributed by atoms with E-state index < -0.39 is 11.7 Å². The number of nitrogens with zero attached hydrogens (tertiary/aromatic N) is 1. The Morgan fingerprint density at radius 2 is 1.62 bits per heavy atom. The van der Waals surface area contributed by atoms with Crippen molar-refractivity contribution in [3.05, 3.63) is 0 Å². The van der Waals surface area contributed by atoms with E-state index in [1.165, 1.54) is 0 Å². The summed E-state index contributed by atoms with van der Waals surface area (Å²) in [6.07, 6.45) is 0.588. The van der Waals surface area contributed by atoms with Crippen molar-refractivity contribution in [1.82, 2.24) is 16.0 Å². The quantitative estimate of drug-likeness (QED) is 0.168. The molecule has 0 heterocycles. The van der Waals surface area contributed by atoms with Gasteiger partial charge in [-0.25, -0.2) is 4.79 Å². The van der Waals surface area contributed by atoms with Crippen LogP contribution < -0.4 is 16.0 Å². The Kier molecular flexibility index (Phi) is 14.7. The summed E-state index contributed by atoms with van der Waals surface area (Å²) in [4.78, 5) is 26.7. The molecule has 0 spiro atoms. The SMILES string of the molecule is CCOC(=O)CCCNC(=NC)NCCNC(=O)OC(C)(C)C.I. The second-order valence-corrected chi connectivity index (χ2v) is 5.76. The van der Waals surface area contributed by atoms with Gasteiger partial charge >= 0.3 is 12.1 Å². The van der Waals surface area contributed by atoms with Crippen molar-refractivity contribution < 1.29 is 19.1 Å². The van der Waals surface area contributed by atoms with Gasteiger partial charge in [-0.1, -0.05) is 0 Å². The fourth-order valence-corrected chi connectivity index (χ4v) is 1.55. The highest BCUT2D eigenvalue weighted by Gasteiger charge is 2.15. The van der Waals surface area contributed by atoms with Gasteiger partial charge in [-0.2, -0.15) is 0 Å². The molecule has 8 nitrogen and oxygen atoms in total. The van der Waals surface area contributed by atoms with Crippen LogP contribution in [0.5, 0.6) is 0 Å². The van der Waals surface area contributed by atoms with Gasteiger partial charge in [0.15, 0.2) is 5.96 Å². The summed E-state index contributed by atoms with van der Waals surface area (Å²) in [6.45, 7) is 9.16. The number of carbonyl (C=O) groups excluding carboxylic acids is 2. The Bertz CT molecular complexity index is 397. The lowest BCUT2D eigenvalue weighted by atomic mass is 10.2. The van der Waals surface area contributed by atoms with Crippen LogP contribution in [0.25, 0.3) is 0 Å². The van der Waals surface area contributed by atoms with Crippen LogP contribution in [-0.4, -0.2) is 56.9 Å². The summed E-state index contributed by atoms with van der Waals surface area (Å²) in [5, 5.41) is 8.78. The highest BCUT2D eigenvalue weighted by molar-refractivity contribution is 14.0. The topological polar surface area (TPSA) is 101 Å². The lowest BCUT2D eigenvalue weighted by Gasteiger charge is -2.19. The fourth-order valence-electron chi connectivity index (χ4n) is 1.55. The average molecular weight is 458 g/mol. The standard InChI is InChI=1S/C15H30N4O4.HI/c1-6-22-12(20)8-7-9-17-13(16-5)18-10-11-19-14(21)23-15(2,3)4;/h6-11H2,1-5H3,(H,19,21)(H2,16,17,18);1H. The number of rotatable bonds is 8. The molecule has 9 heteroatoms. The maximum atomic E-state index is 11.5. The van der Waals surface area contributed by atoms with E-state index in [0.29, 0.717) is 45.0 Å². The zero-order valence-electron chi connectivity index (χ0n) is 15.2. The molecule has 0 saturated heterocycles. The predicted molar refractivity (Wildman–Crippen MR) is 105 cm³/mol. The van der Waals surface area contributed by atoms with Crippen molar-refractivity contribution in [2.45, 2.75) is 46.1 Å². The summed E-state index contributed by atoms with van der Waals surface area (Å²) < 4.78 is 9.97. The third kappa shape index (κ3) is 15.6. The number of alkyl carbamates (subject to hydrolysis) is 1. The minimum Gasteiger partial charge on any atom is -0.466 e. The lowest BCUT2D eigenvalue weighted by molar-refractivity contribution is -0.143. The summed E-state index contributed by atoms with van der Waals surface area (Å²) in [7, 11) is 1.65. The average Bonchev–Trinajstić information content (AvgIpc) is 2.44. The summed E-state index contributed by atoms with van der Waals surface area (Å²) >= 11 is 0. The Balaban J connectivity index is 0. The molecule has 0 aromatic heterocycles. The molecule has 24 heavy (non-hydrogen) atoms. The molecule has 0 aromatic carbocycles. The van der Waals surface area contributed by atoms with E-state index in [-0.39, 0.29) is 29.9 Å². The number of hydrogen-bond acceptors (Lipinski definition) is 5. The molecule has 0 aliphatic rings. The lowest BCUT2D eigenvalue weighted by Crippen LogP contribution is -2.42. The second kappa shape index (κ2) is 14.1. The molecule has 0 aliphatic heterocycles. The minimum atomic E-state index is -0.506. The van der Waals surface area contributed by atoms with Crippen molar-refractivity contribution in [1.29, 1.82) is 0 Å². The van der Waals surface area contributed by atoms with E-state index in [1.54, 1.807) is 14.0 Å². The van der Waals surface area contributed by atoms with Gasteiger partial charge in [0.25, 0.3) is 0 Å². The zero-order chi connectivity index (χ0) is 17.7. The molecule has 3 N–H and O–H groups in total. The zero-order valence-corrected chi connectivity index (χ0v) is 17.6. The number of aliphatic imine (C=N–C) groups is 1. The van der Waals surface area contributed by atoms with Crippen LogP contribution in [0.3, 0.4) is 0 Å². The number of amides is 1. The van der Waals surface area contributed by atoms with Crippen LogP contribution in [-0.2, 0) is 14.3 Å². The Labute approximate surface area is 161 Å². The minimum absolute atomic E-state index is 0. The van der Waals surface area contributed by atoms with Crippen LogP contribution in [0.2, 0.25) is 0 Å². The molecule has 0 bridgehead atoms. The fraction of sp³-hybridized carbons (Fsp3) is 0.800. The van der Waals surface area contributed by atoms with Gasteiger partial charge in [0.1, 0.15) is 5.60 Å².